The number of methoxy groups -OCH3 is 1. The first-order chi connectivity index (χ1) is 4.75. The van der Waals surface area contributed by atoms with E-state index in [4.69, 9.17) is 0 Å². The maximum atomic E-state index is 12.5. The minimum Gasteiger partial charge on any atom is -0.516 e. The quantitative estimate of drug-likeness (QED) is 0.712. The first-order valence-corrected chi connectivity index (χ1v) is 2.65. The largest absolute Gasteiger partial charge is 2.00 e. The van der Waals surface area contributed by atoms with Crippen LogP contribution in [0.1, 0.15) is 0 Å². The first kappa shape index (κ1) is 14.1. The molecule has 1 nitrogen and oxygen atoms in total. The van der Waals surface area contributed by atoms with Crippen molar-refractivity contribution in [2.75, 3.05) is 7.11 Å². The fraction of sp³-hybridized carbons (Fsp3) is 0.125. The van der Waals surface area contributed by atoms with E-state index in [0.717, 1.165) is 12.1 Å². The molecule has 1 rings (SSSR count). The molecule has 0 amide bonds. The van der Waals surface area contributed by atoms with Crippen molar-refractivity contribution in [3.63, 3.8) is 0 Å². The van der Waals surface area contributed by atoms with Crippen molar-refractivity contribution in [2.45, 2.75) is 0 Å². The van der Waals surface area contributed by atoms with Crippen LogP contribution in [0.5, 0.6) is 5.75 Å². The fourth-order valence-corrected chi connectivity index (χ4v) is 0.628. The molecule has 12 heavy (non-hydrogen) atoms. The molecule has 0 bridgehead atoms. The van der Waals surface area contributed by atoms with Crippen LogP contribution < -0.4 is 4.74 Å². The van der Waals surface area contributed by atoms with Crippen molar-refractivity contribution >= 4 is 0 Å². The smallest absolute Gasteiger partial charge is 0.516 e. The summed E-state index contributed by atoms with van der Waals surface area (Å²) >= 11 is 0. The minimum atomic E-state index is -0.734. The van der Waals surface area contributed by atoms with Crippen molar-refractivity contribution in [1.82, 2.24) is 0 Å². The predicted octanol–water partition coefficient (Wildman–Crippen LogP) is 2.22. The van der Waals surface area contributed by atoms with Crippen LogP contribution in [0.25, 0.3) is 0 Å². The van der Waals surface area contributed by atoms with Gasteiger partial charge >= 0.3 is 21.1 Å². The molecule has 0 N–H and O–H groups in total. The number of benzene rings is 1. The summed E-state index contributed by atoms with van der Waals surface area (Å²) in [6, 6.07) is 4.31. The molecule has 0 radical (unpaired) electrons. The first-order valence-electron chi connectivity index (χ1n) is 2.65. The molecule has 66 valence electrons. The van der Waals surface area contributed by atoms with Crippen LogP contribution in [-0.2, 0) is 21.1 Å². The van der Waals surface area contributed by atoms with Crippen LogP contribution in [-0.4, -0.2) is 7.11 Å². The summed E-state index contributed by atoms with van der Waals surface area (Å²) in [6.45, 7) is 0. The zero-order valence-corrected chi connectivity index (χ0v) is 9.66. The summed E-state index contributed by atoms with van der Waals surface area (Å²) in [7, 11) is 1.21. The van der Waals surface area contributed by atoms with Gasteiger partial charge in [0.15, 0.2) is 0 Å². The van der Waals surface area contributed by atoms with E-state index in [1.807, 2.05) is 0 Å². The average molecular weight is 342 g/mol. The molecule has 0 atom stereocenters. The van der Waals surface area contributed by atoms with E-state index in [-0.39, 0.29) is 34.2 Å². The molecule has 0 saturated heterocycles. The number of rotatable bonds is 1. The molecule has 0 saturated carbocycles. The van der Waals surface area contributed by atoms with Crippen molar-refractivity contribution in [2.24, 2.45) is 0 Å². The van der Waals surface area contributed by atoms with Crippen molar-refractivity contribution in [3.8, 4) is 5.75 Å². The van der Waals surface area contributed by atoms with Crippen molar-refractivity contribution in [1.29, 1.82) is 0 Å². The second kappa shape index (κ2) is 6.13. The Morgan fingerprint density at radius 3 is 1.92 bits per heavy atom. The third kappa shape index (κ3) is 2.90. The third-order valence-electron chi connectivity index (χ3n) is 1.06. The molecule has 0 aromatic heterocycles. The Morgan fingerprint density at radius 1 is 1.25 bits per heavy atom. The van der Waals surface area contributed by atoms with Gasteiger partial charge in [-0.1, -0.05) is 0 Å². The normalized spacial score (nSPS) is 7.92. The molecule has 1 aromatic rings. The zero-order valence-electron chi connectivity index (χ0n) is 6.73. The molecule has 1 aromatic carbocycles. The van der Waals surface area contributed by atoms with Gasteiger partial charge in [0.1, 0.15) is 0 Å². The number of halogens is 2. The minimum absolute atomic E-state index is 0. The van der Waals surface area contributed by atoms with Crippen LogP contribution in [0.2, 0.25) is 0 Å². The Labute approximate surface area is 85.0 Å². The standard InChI is InChI=1S/C7H5F2O.CH3.W/c1-10-7-5(8)3-2-4-6(7)9;;/h3-4H,1H3;1H3;/q2*-1;+2. The van der Waals surface area contributed by atoms with Gasteiger partial charge < -0.3 is 12.2 Å². The third-order valence-corrected chi connectivity index (χ3v) is 1.06. The van der Waals surface area contributed by atoms with Crippen LogP contribution in [0.3, 0.4) is 0 Å². The molecule has 4 heteroatoms. The number of hydrogen-bond donors (Lipinski definition) is 0. The van der Waals surface area contributed by atoms with E-state index in [9.17, 15) is 8.78 Å². The molecule has 0 aliphatic heterocycles. The molecule has 0 aliphatic carbocycles. The second-order valence-corrected chi connectivity index (χ2v) is 1.68. The van der Waals surface area contributed by atoms with Gasteiger partial charge in [-0.15, -0.1) is 12.1 Å². The van der Waals surface area contributed by atoms with Gasteiger partial charge in [0.2, 0.25) is 0 Å². The van der Waals surface area contributed by atoms with E-state index < -0.39 is 11.6 Å². The van der Waals surface area contributed by atoms with Gasteiger partial charge in [0.05, 0.1) is 24.5 Å². The maximum absolute atomic E-state index is 12.5. The molecule has 0 fully saturated rings. The van der Waals surface area contributed by atoms with Gasteiger partial charge in [-0.05, 0) is 0 Å². The Bertz CT molecular complexity index is 220. The van der Waals surface area contributed by atoms with Crippen LogP contribution >= 0.6 is 0 Å². The van der Waals surface area contributed by atoms with Crippen molar-refractivity contribution in [3.05, 3.63) is 37.3 Å². The fourth-order valence-electron chi connectivity index (χ4n) is 0.628. The summed E-state index contributed by atoms with van der Waals surface area (Å²) in [5, 5.41) is 0. The molecule has 0 heterocycles. The van der Waals surface area contributed by atoms with E-state index >= 15 is 0 Å². The van der Waals surface area contributed by atoms with Crippen LogP contribution in [0.15, 0.2) is 12.1 Å². The van der Waals surface area contributed by atoms with Gasteiger partial charge in [0.25, 0.3) is 0 Å². The molecular formula is C8H8F2OW. The Kier molecular flexibility index (Phi) is 7.20. The van der Waals surface area contributed by atoms with Gasteiger partial charge in [0, 0.05) is 0 Å². The van der Waals surface area contributed by atoms with Crippen LogP contribution in [0, 0.1) is 25.1 Å². The van der Waals surface area contributed by atoms with Crippen LogP contribution in [0.4, 0.5) is 8.78 Å². The molecule has 0 spiro atoms. The molecule has 0 unspecified atom stereocenters. The summed E-state index contributed by atoms with van der Waals surface area (Å²) in [6.07, 6.45) is 0. The van der Waals surface area contributed by atoms with Gasteiger partial charge in [-0.25, -0.2) is 0 Å². The predicted molar refractivity (Wildman–Crippen MR) is 38.2 cm³/mol. The van der Waals surface area contributed by atoms with Crippen molar-refractivity contribution < 1.29 is 34.6 Å². The Balaban J connectivity index is 0. The number of hydrogen-bond acceptors (Lipinski definition) is 1. The topological polar surface area (TPSA) is 9.23 Å². The van der Waals surface area contributed by atoms with Gasteiger partial charge in [-0.3, -0.25) is 8.78 Å². The summed E-state index contributed by atoms with van der Waals surface area (Å²) in [5.74, 6) is -1.83. The van der Waals surface area contributed by atoms with E-state index in [1.165, 1.54) is 7.11 Å². The SMILES string of the molecule is COc1c(F)c[c-]cc1F.[CH3-].[W+2]. The summed E-state index contributed by atoms with van der Waals surface area (Å²) in [5.41, 5.74) is 0. The summed E-state index contributed by atoms with van der Waals surface area (Å²) < 4.78 is 29.3. The maximum Gasteiger partial charge on any atom is 2.00 e. The molecule has 0 aliphatic rings. The molecular weight excluding hydrogens is 334 g/mol. The Morgan fingerprint density at radius 2 is 1.67 bits per heavy atom. The zero-order chi connectivity index (χ0) is 7.56. The van der Waals surface area contributed by atoms with E-state index in [2.05, 4.69) is 10.8 Å². The Hall–Kier alpha value is -0.432. The second-order valence-electron chi connectivity index (χ2n) is 1.68. The number of ether oxygens (including phenoxy) is 1. The monoisotopic (exact) mass is 342 g/mol. The summed E-state index contributed by atoms with van der Waals surface area (Å²) in [4.78, 5) is 0. The average Bonchev–Trinajstić information content (AvgIpc) is 1.88. The van der Waals surface area contributed by atoms with E-state index in [0.29, 0.717) is 0 Å². The van der Waals surface area contributed by atoms with Gasteiger partial charge in [-0.2, -0.15) is 6.07 Å². The van der Waals surface area contributed by atoms with E-state index in [1.54, 1.807) is 0 Å².